The van der Waals surface area contributed by atoms with Gasteiger partial charge in [0.25, 0.3) is 0 Å². The van der Waals surface area contributed by atoms with Crippen molar-refractivity contribution in [2.45, 2.75) is 39.7 Å². The van der Waals surface area contributed by atoms with Crippen LogP contribution in [0.4, 0.5) is 10.5 Å². The van der Waals surface area contributed by atoms with Gasteiger partial charge in [-0.2, -0.15) is 0 Å². The number of ether oxygens (including phenoxy) is 2. The number of benzene rings is 2. The lowest BCUT2D eigenvalue weighted by Gasteiger charge is -2.16. The number of urea groups is 1. The van der Waals surface area contributed by atoms with Crippen molar-refractivity contribution in [3.05, 3.63) is 53.1 Å². The third-order valence-electron chi connectivity index (χ3n) is 4.26. The number of hydrogen-bond acceptors (Lipinski definition) is 4. The predicted octanol–water partition coefficient (Wildman–Crippen LogP) is 4.92. The lowest BCUT2D eigenvalue weighted by atomic mass is 10.1. The molecule has 0 heterocycles. The van der Waals surface area contributed by atoms with Gasteiger partial charge in [-0.1, -0.05) is 37.6 Å². The molecule has 3 amide bonds. The fourth-order valence-electron chi connectivity index (χ4n) is 2.73. The second-order valence-electron chi connectivity index (χ2n) is 7.01. The Morgan fingerprint density at radius 3 is 2.39 bits per heavy atom. The van der Waals surface area contributed by atoms with E-state index < -0.39 is 6.03 Å². The fourth-order valence-corrected chi connectivity index (χ4v) is 2.93. The third-order valence-corrected chi connectivity index (χ3v) is 4.50. The minimum absolute atomic E-state index is 0.159. The summed E-state index contributed by atoms with van der Waals surface area (Å²) in [6.45, 7) is 6.86. The van der Waals surface area contributed by atoms with E-state index in [2.05, 4.69) is 16.0 Å². The van der Waals surface area contributed by atoms with E-state index in [0.717, 1.165) is 18.4 Å². The van der Waals surface area contributed by atoms with Crippen LogP contribution < -0.4 is 25.4 Å². The van der Waals surface area contributed by atoms with Gasteiger partial charge >= 0.3 is 6.03 Å². The number of carbonyl (C=O) groups excluding carboxylic acids is 2. The lowest BCUT2D eigenvalue weighted by molar-refractivity contribution is -0.120. The van der Waals surface area contributed by atoms with E-state index in [1.807, 2.05) is 32.9 Å². The molecule has 0 spiro atoms. The molecule has 0 radical (unpaired) electrons. The molecule has 0 unspecified atom stereocenters. The Morgan fingerprint density at radius 1 is 1.00 bits per heavy atom. The Morgan fingerprint density at radius 2 is 1.71 bits per heavy atom. The van der Waals surface area contributed by atoms with Gasteiger partial charge in [-0.15, -0.1) is 0 Å². The number of hydrogen-bond donors (Lipinski definition) is 3. The molecule has 0 aliphatic rings. The van der Waals surface area contributed by atoms with E-state index in [1.165, 1.54) is 0 Å². The van der Waals surface area contributed by atoms with E-state index in [1.54, 1.807) is 30.3 Å². The summed E-state index contributed by atoms with van der Waals surface area (Å²) < 4.78 is 11.4. The maximum atomic E-state index is 12.2. The van der Waals surface area contributed by atoms with Gasteiger partial charge in [0.2, 0.25) is 5.91 Å². The summed E-state index contributed by atoms with van der Waals surface area (Å²) in [6.07, 6.45) is 1.74. The molecule has 0 aliphatic carbocycles. The minimum atomic E-state index is -0.491. The molecular weight excluding hydrogens is 418 g/mol. The van der Waals surface area contributed by atoms with Crippen molar-refractivity contribution in [2.75, 3.05) is 25.1 Å². The van der Waals surface area contributed by atoms with Gasteiger partial charge in [-0.3, -0.25) is 4.79 Å². The molecular formula is C23H30ClN3O4. The smallest absolute Gasteiger partial charge is 0.319 e. The van der Waals surface area contributed by atoms with Crippen molar-refractivity contribution in [1.82, 2.24) is 10.6 Å². The Labute approximate surface area is 188 Å². The first kappa shape index (κ1) is 24.3. The minimum Gasteiger partial charge on any atom is -0.490 e. The maximum Gasteiger partial charge on any atom is 0.319 e. The average molecular weight is 448 g/mol. The van der Waals surface area contributed by atoms with E-state index in [0.29, 0.717) is 35.4 Å². The van der Waals surface area contributed by atoms with Gasteiger partial charge in [0.15, 0.2) is 11.5 Å². The molecule has 2 aromatic carbocycles. The number of amides is 3. The first-order valence-electron chi connectivity index (χ1n) is 10.4. The summed E-state index contributed by atoms with van der Waals surface area (Å²) >= 11 is 5.98. The zero-order valence-corrected chi connectivity index (χ0v) is 18.9. The van der Waals surface area contributed by atoms with Crippen LogP contribution >= 0.6 is 11.6 Å². The summed E-state index contributed by atoms with van der Waals surface area (Å²) in [6, 6.07) is 11.7. The SMILES string of the molecule is CCCOc1ccc(NC(=O)NCC(=O)N[C@H](C)c2cccc(Cl)c2)cc1OCCC. The van der Waals surface area contributed by atoms with Crippen LogP contribution in [0.3, 0.4) is 0 Å². The highest BCUT2D eigenvalue weighted by molar-refractivity contribution is 6.30. The Hall–Kier alpha value is -2.93. The highest BCUT2D eigenvalue weighted by atomic mass is 35.5. The number of rotatable bonds is 11. The molecule has 2 rings (SSSR count). The summed E-state index contributed by atoms with van der Waals surface area (Å²) in [5.41, 5.74) is 1.43. The highest BCUT2D eigenvalue weighted by Crippen LogP contribution is 2.31. The standard InChI is InChI=1S/C23H30ClN3O4/c1-4-11-30-20-10-9-19(14-21(20)31-12-5-2)27-23(29)25-15-22(28)26-16(3)17-7-6-8-18(24)13-17/h6-10,13-14,16H,4-5,11-12,15H2,1-3H3,(H,26,28)(H2,25,27,29)/t16-/m1/s1. The molecule has 31 heavy (non-hydrogen) atoms. The second kappa shape index (κ2) is 12.7. The molecule has 8 heteroatoms. The highest BCUT2D eigenvalue weighted by Gasteiger charge is 2.12. The van der Waals surface area contributed by atoms with Crippen LogP contribution in [0.2, 0.25) is 5.02 Å². The molecule has 168 valence electrons. The molecule has 0 aliphatic heterocycles. The van der Waals surface area contributed by atoms with Crippen LogP contribution in [-0.2, 0) is 4.79 Å². The zero-order chi connectivity index (χ0) is 22.6. The molecule has 0 saturated heterocycles. The van der Waals surface area contributed by atoms with E-state index in [-0.39, 0.29) is 18.5 Å². The van der Waals surface area contributed by atoms with Crippen LogP contribution in [0.15, 0.2) is 42.5 Å². The summed E-state index contributed by atoms with van der Waals surface area (Å²) in [5.74, 6) is 0.898. The summed E-state index contributed by atoms with van der Waals surface area (Å²) in [4.78, 5) is 24.4. The maximum absolute atomic E-state index is 12.2. The number of anilines is 1. The van der Waals surface area contributed by atoms with Crippen molar-refractivity contribution < 1.29 is 19.1 Å². The molecule has 0 fully saturated rings. The molecule has 2 aromatic rings. The van der Waals surface area contributed by atoms with E-state index in [9.17, 15) is 9.59 Å². The average Bonchev–Trinajstić information content (AvgIpc) is 2.75. The molecule has 1 atom stereocenters. The van der Waals surface area contributed by atoms with Crippen LogP contribution in [-0.4, -0.2) is 31.7 Å². The first-order chi connectivity index (χ1) is 14.9. The van der Waals surface area contributed by atoms with Crippen molar-refractivity contribution in [3.63, 3.8) is 0 Å². The third kappa shape index (κ3) is 8.38. The van der Waals surface area contributed by atoms with E-state index in [4.69, 9.17) is 21.1 Å². The molecule has 0 bridgehead atoms. The van der Waals surface area contributed by atoms with Crippen molar-refractivity contribution in [2.24, 2.45) is 0 Å². The van der Waals surface area contributed by atoms with Gasteiger partial charge in [-0.25, -0.2) is 4.79 Å². The number of carbonyl (C=O) groups is 2. The van der Waals surface area contributed by atoms with Crippen LogP contribution in [0, 0.1) is 0 Å². The number of nitrogens with one attached hydrogen (secondary N) is 3. The predicted molar refractivity (Wildman–Crippen MR) is 123 cm³/mol. The Balaban J connectivity index is 1.87. The van der Waals surface area contributed by atoms with Crippen LogP contribution in [0.1, 0.15) is 45.2 Å². The van der Waals surface area contributed by atoms with Gasteiger partial charge < -0.3 is 25.4 Å². The largest absolute Gasteiger partial charge is 0.490 e. The quantitative estimate of drug-likeness (QED) is 0.456. The Kier molecular flexibility index (Phi) is 9.97. The Bertz CT molecular complexity index is 876. The van der Waals surface area contributed by atoms with Crippen molar-refractivity contribution >= 4 is 29.2 Å². The molecule has 7 nitrogen and oxygen atoms in total. The normalized spacial score (nSPS) is 11.4. The van der Waals surface area contributed by atoms with Crippen LogP contribution in [0.25, 0.3) is 0 Å². The van der Waals surface area contributed by atoms with Crippen molar-refractivity contribution in [1.29, 1.82) is 0 Å². The molecule has 0 saturated carbocycles. The van der Waals surface area contributed by atoms with Crippen molar-refractivity contribution in [3.8, 4) is 11.5 Å². The van der Waals surface area contributed by atoms with Gasteiger partial charge in [-0.05, 0) is 49.6 Å². The monoisotopic (exact) mass is 447 g/mol. The van der Waals surface area contributed by atoms with Gasteiger partial charge in [0.1, 0.15) is 0 Å². The van der Waals surface area contributed by atoms with Gasteiger partial charge in [0.05, 0.1) is 25.8 Å². The molecule has 0 aromatic heterocycles. The molecule has 3 N–H and O–H groups in total. The summed E-state index contributed by atoms with van der Waals surface area (Å²) in [7, 11) is 0. The first-order valence-corrected chi connectivity index (χ1v) is 10.8. The van der Waals surface area contributed by atoms with Crippen LogP contribution in [0.5, 0.6) is 11.5 Å². The van der Waals surface area contributed by atoms with E-state index >= 15 is 0 Å². The lowest BCUT2D eigenvalue weighted by Crippen LogP contribution is -2.39. The second-order valence-corrected chi connectivity index (χ2v) is 7.45. The zero-order valence-electron chi connectivity index (χ0n) is 18.2. The van der Waals surface area contributed by atoms with Gasteiger partial charge in [0, 0.05) is 16.8 Å². The fraction of sp³-hybridized carbons (Fsp3) is 0.391. The topological polar surface area (TPSA) is 88.7 Å². The summed E-state index contributed by atoms with van der Waals surface area (Å²) in [5, 5.41) is 8.68. The number of halogens is 1.